The number of carbonyl (C=O) groups is 3. The fourth-order valence-corrected chi connectivity index (χ4v) is 6.75. The van der Waals surface area contributed by atoms with Crippen molar-refractivity contribution in [2.75, 3.05) is 13.1 Å². The maximum atomic E-state index is 14.1. The van der Waals surface area contributed by atoms with Crippen molar-refractivity contribution in [2.45, 2.75) is 43.9 Å². The Morgan fingerprint density at radius 3 is 2.58 bits per heavy atom. The Morgan fingerprint density at radius 1 is 1.18 bits per heavy atom. The van der Waals surface area contributed by atoms with Gasteiger partial charge in [-0.25, -0.2) is 4.39 Å². The largest absolute Gasteiger partial charge is 0.481 e. The van der Waals surface area contributed by atoms with Gasteiger partial charge in [0.25, 0.3) is 11.8 Å². The summed E-state index contributed by atoms with van der Waals surface area (Å²) in [5.41, 5.74) is 2.11. The maximum Gasteiger partial charge on any atom is 0.462 e. The second-order valence-electron chi connectivity index (χ2n) is 10.0. The van der Waals surface area contributed by atoms with Crippen LogP contribution in [0.3, 0.4) is 0 Å². The van der Waals surface area contributed by atoms with Crippen LogP contribution in [0.5, 0.6) is 0 Å². The molecule has 0 fully saturated rings. The molecule has 3 atom stereocenters. The normalized spacial score (nSPS) is 19.3. The second kappa shape index (κ2) is 13.4. The van der Waals surface area contributed by atoms with Gasteiger partial charge < -0.3 is 15.3 Å². The molecule has 3 unspecified atom stereocenters. The van der Waals surface area contributed by atoms with E-state index in [1.54, 1.807) is 35.2 Å². The highest BCUT2D eigenvalue weighted by Gasteiger charge is 2.36. The van der Waals surface area contributed by atoms with Gasteiger partial charge in [-0.3, -0.25) is 14.4 Å². The molecule has 212 valence electrons. The zero-order chi connectivity index (χ0) is 29.0. The van der Waals surface area contributed by atoms with Crippen LogP contribution >= 0.6 is 34.8 Å². The van der Waals surface area contributed by atoms with E-state index in [4.69, 9.17) is 34.8 Å². The van der Waals surface area contributed by atoms with Gasteiger partial charge in [-0.2, -0.15) is 0 Å². The van der Waals surface area contributed by atoms with Crippen LogP contribution in [0.2, 0.25) is 15.1 Å². The lowest BCUT2D eigenvalue weighted by atomic mass is 9.80. The third-order valence-corrected chi connectivity index (χ3v) is 8.94. The molecule has 7 nitrogen and oxygen atoms in total. The van der Waals surface area contributed by atoms with E-state index >= 15 is 0 Å². The molecule has 0 saturated carbocycles. The number of allylic oxidation sites excluding steroid dienone is 2. The molecule has 40 heavy (non-hydrogen) atoms. The number of fused-ring (bicyclic) bond motifs is 1. The van der Waals surface area contributed by atoms with Gasteiger partial charge in [-0.15, -0.1) is 0 Å². The summed E-state index contributed by atoms with van der Waals surface area (Å²) in [7, 11) is 0. The lowest BCUT2D eigenvalue weighted by molar-refractivity contribution is -0.138. The molecule has 2 aromatic rings. The van der Waals surface area contributed by atoms with Crippen molar-refractivity contribution >= 4 is 64.3 Å². The number of aliphatic carboxylic acids is 1. The molecule has 0 spiro atoms. The van der Waals surface area contributed by atoms with Crippen molar-refractivity contribution in [1.82, 2.24) is 10.2 Å². The third-order valence-electron chi connectivity index (χ3n) is 7.34. The molecule has 1 aliphatic heterocycles. The van der Waals surface area contributed by atoms with Crippen molar-refractivity contribution in [3.8, 4) is 0 Å². The number of benzene rings is 2. The van der Waals surface area contributed by atoms with Gasteiger partial charge in [-0.05, 0) is 72.2 Å². The highest BCUT2D eigenvalue weighted by molar-refractivity contribution is 7.66. The SMILES string of the molecule is O=[S+]C1CC(F)=CC(C(CCNC(=O)c2c(Cl)cc3c(c2Cl)CCN(C(=O)c2ccc(Cl)cc2)C3)CC(=O)O)C1. The average Bonchev–Trinajstić information content (AvgIpc) is 2.91. The Kier molecular flexibility index (Phi) is 10.2. The van der Waals surface area contributed by atoms with Gasteiger partial charge >= 0.3 is 17.6 Å². The van der Waals surface area contributed by atoms with Crippen molar-refractivity contribution in [2.24, 2.45) is 11.8 Å². The first kappa shape index (κ1) is 30.4. The fourth-order valence-electron chi connectivity index (χ4n) is 5.33. The summed E-state index contributed by atoms with van der Waals surface area (Å²) in [6.07, 6.45) is 2.32. The predicted molar refractivity (Wildman–Crippen MR) is 153 cm³/mol. The monoisotopic (exact) mass is 627 g/mol. The highest BCUT2D eigenvalue weighted by atomic mass is 35.5. The number of hydrogen-bond acceptors (Lipinski definition) is 4. The summed E-state index contributed by atoms with van der Waals surface area (Å²) in [4.78, 5) is 39.2. The number of carboxylic acid groups (broad SMARTS) is 1. The first-order valence-corrected chi connectivity index (χ1v) is 14.7. The molecule has 2 aliphatic rings. The minimum absolute atomic E-state index is 0.0452. The van der Waals surface area contributed by atoms with Crippen molar-refractivity contribution in [3.05, 3.63) is 79.6 Å². The zero-order valence-corrected chi connectivity index (χ0v) is 24.4. The van der Waals surface area contributed by atoms with Crippen LogP contribution in [-0.2, 0) is 33.6 Å². The maximum absolute atomic E-state index is 14.1. The zero-order valence-electron chi connectivity index (χ0n) is 21.3. The summed E-state index contributed by atoms with van der Waals surface area (Å²) >= 11 is 19.4. The van der Waals surface area contributed by atoms with Crippen LogP contribution in [0.15, 0.2) is 42.2 Å². The number of rotatable bonds is 9. The van der Waals surface area contributed by atoms with Crippen LogP contribution in [0.1, 0.15) is 57.5 Å². The molecule has 0 bridgehead atoms. The molecule has 2 aromatic carbocycles. The Balaban J connectivity index is 1.43. The van der Waals surface area contributed by atoms with E-state index in [0.717, 1.165) is 11.1 Å². The predicted octanol–water partition coefficient (Wildman–Crippen LogP) is 6.12. The van der Waals surface area contributed by atoms with E-state index in [1.807, 2.05) is 0 Å². The van der Waals surface area contributed by atoms with Gasteiger partial charge in [0.05, 0.1) is 22.0 Å². The van der Waals surface area contributed by atoms with E-state index in [1.165, 1.54) is 6.08 Å². The van der Waals surface area contributed by atoms with Gasteiger partial charge in [0.2, 0.25) is 5.25 Å². The number of hydrogen-bond donors (Lipinski definition) is 2. The molecule has 0 radical (unpaired) electrons. The Hall–Kier alpha value is -2.59. The second-order valence-corrected chi connectivity index (χ2v) is 12.1. The molecular formula is C28H27Cl3FN2O5S+. The van der Waals surface area contributed by atoms with E-state index < -0.39 is 34.8 Å². The summed E-state index contributed by atoms with van der Waals surface area (Å²) in [5, 5.41) is 12.6. The van der Waals surface area contributed by atoms with Crippen molar-refractivity contribution in [3.63, 3.8) is 0 Å². The lowest BCUT2D eigenvalue weighted by Gasteiger charge is -2.30. The topological polar surface area (TPSA) is 104 Å². The highest BCUT2D eigenvalue weighted by Crippen LogP contribution is 2.36. The average molecular weight is 629 g/mol. The van der Waals surface area contributed by atoms with Gasteiger partial charge in [0.1, 0.15) is 5.83 Å². The van der Waals surface area contributed by atoms with Crippen molar-refractivity contribution in [1.29, 1.82) is 0 Å². The van der Waals surface area contributed by atoms with E-state index in [0.29, 0.717) is 41.6 Å². The lowest BCUT2D eigenvalue weighted by Crippen LogP contribution is -2.36. The van der Waals surface area contributed by atoms with Crippen molar-refractivity contribution < 1.29 is 28.1 Å². The molecule has 4 rings (SSSR count). The number of halogens is 4. The van der Waals surface area contributed by atoms with Crippen LogP contribution in [0.4, 0.5) is 4.39 Å². The Morgan fingerprint density at radius 2 is 1.90 bits per heavy atom. The number of carbonyl (C=O) groups excluding carboxylic acids is 2. The molecule has 2 amide bonds. The molecule has 1 heterocycles. The van der Waals surface area contributed by atoms with Crippen LogP contribution in [0.25, 0.3) is 0 Å². The van der Waals surface area contributed by atoms with E-state index in [9.17, 15) is 28.1 Å². The minimum Gasteiger partial charge on any atom is -0.481 e. The molecule has 1 aliphatic carbocycles. The summed E-state index contributed by atoms with van der Waals surface area (Å²) < 4.78 is 25.3. The molecule has 0 saturated heterocycles. The van der Waals surface area contributed by atoms with Crippen LogP contribution < -0.4 is 5.32 Å². The Bertz CT molecular complexity index is 1350. The van der Waals surface area contributed by atoms with E-state index in [-0.39, 0.29) is 53.9 Å². The van der Waals surface area contributed by atoms with Crippen LogP contribution in [-0.4, -0.2) is 46.1 Å². The summed E-state index contributed by atoms with van der Waals surface area (Å²) in [6, 6.07) is 8.28. The van der Waals surface area contributed by atoms with Gasteiger partial charge in [0, 0.05) is 47.3 Å². The summed E-state index contributed by atoms with van der Waals surface area (Å²) in [5.74, 6) is -2.98. The summed E-state index contributed by atoms with van der Waals surface area (Å²) in [6.45, 7) is 0.802. The number of amides is 2. The van der Waals surface area contributed by atoms with Gasteiger partial charge in [0.15, 0.2) is 0 Å². The Labute approximate surface area is 250 Å². The molecule has 12 heteroatoms. The minimum atomic E-state index is -1.04. The fraction of sp³-hybridized carbons (Fsp3) is 0.393. The molecular weight excluding hydrogens is 602 g/mol. The number of nitrogens with one attached hydrogen (secondary N) is 1. The van der Waals surface area contributed by atoms with Crippen LogP contribution in [0, 0.1) is 11.8 Å². The standard InChI is InChI=1S/C28H26Cl3FN2O5S/c29-19-3-1-15(2-4-19)28(38)34-8-6-22-18(14-34)11-23(30)25(26(22)31)27(37)33-7-5-16(12-24(35)36)17-9-20(32)13-21(10-17)40-39/h1-4,9,11,16-17,21H,5-8,10,12-14H2,(H-,33,35,36,37)/p+1. The quantitative estimate of drug-likeness (QED) is 0.326. The van der Waals surface area contributed by atoms with E-state index in [2.05, 4.69) is 5.32 Å². The first-order valence-electron chi connectivity index (χ1n) is 12.8. The van der Waals surface area contributed by atoms with Gasteiger partial charge in [-0.1, -0.05) is 34.8 Å². The number of carboxylic acids is 1. The first-order chi connectivity index (χ1) is 19.1. The molecule has 0 aromatic heterocycles. The smallest absolute Gasteiger partial charge is 0.462 e. The molecule has 2 N–H and O–H groups in total. The number of nitrogens with zero attached hydrogens (tertiary/aromatic N) is 1. The third kappa shape index (κ3) is 7.18.